The second-order valence-corrected chi connectivity index (χ2v) is 3.81. The number of carboxylic acid groups (broad SMARTS) is 1. The minimum absolute atomic E-state index is 0.141. The molecule has 0 amide bonds. The lowest BCUT2D eigenvalue weighted by atomic mass is 10.2. The van der Waals surface area contributed by atoms with Crippen LogP contribution in [0.1, 0.15) is 10.4 Å². The maximum absolute atomic E-state index is 13.0. The molecule has 0 bridgehead atoms. The van der Waals surface area contributed by atoms with E-state index in [9.17, 15) is 9.18 Å². The summed E-state index contributed by atoms with van der Waals surface area (Å²) in [6, 6.07) is 6.53. The molecule has 0 aliphatic heterocycles. The number of aromatic carboxylic acids is 1. The van der Waals surface area contributed by atoms with Gasteiger partial charge in [0.25, 0.3) is 0 Å². The van der Waals surface area contributed by atoms with Crippen LogP contribution in [0.15, 0.2) is 36.5 Å². The molecule has 1 aromatic heterocycles. The van der Waals surface area contributed by atoms with Crippen molar-refractivity contribution in [2.75, 3.05) is 0 Å². The molecule has 92 valence electrons. The molecule has 2 rings (SSSR count). The van der Waals surface area contributed by atoms with E-state index in [1.165, 1.54) is 30.5 Å². The largest absolute Gasteiger partial charge is 0.477 e. The van der Waals surface area contributed by atoms with Crippen LogP contribution in [0.5, 0.6) is 11.6 Å². The first-order valence-electron chi connectivity index (χ1n) is 4.88. The van der Waals surface area contributed by atoms with Crippen LogP contribution in [0.3, 0.4) is 0 Å². The van der Waals surface area contributed by atoms with Crippen LogP contribution in [0, 0.1) is 5.82 Å². The standard InChI is InChI=1S/C12H7ClFNO3/c13-7-4-10(12(16)17)11(15-6-7)18-9-3-1-2-8(14)5-9/h1-6H,(H,16,17). The first-order chi connectivity index (χ1) is 8.56. The highest BCUT2D eigenvalue weighted by molar-refractivity contribution is 6.30. The fourth-order valence-corrected chi connectivity index (χ4v) is 1.46. The Bertz CT molecular complexity index is 604. The van der Waals surface area contributed by atoms with E-state index in [0.29, 0.717) is 0 Å². The van der Waals surface area contributed by atoms with Gasteiger partial charge < -0.3 is 9.84 Å². The summed E-state index contributed by atoms with van der Waals surface area (Å²) in [7, 11) is 0. The quantitative estimate of drug-likeness (QED) is 0.926. The Hall–Kier alpha value is -2.14. The smallest absolute Gasteiger partial charge is 0.341 e. The zero-order chi connectivity index (χ0) is 13.1. The minimum atomic E-state index is -1.23. The predicted molar refractivity (Wildman–Crippen MR) is 62.7 cm³/mol. The van der Waals surface area contributed by atoms with Crippen molar-refractivity contribution in [3.8, 4) is 11.6 Å². The fourth-order valence-electron chi connectivity index (χ4n) is 1.30. The Morgan fingerprint density at radius 3 is 2.83 bits per heavy atom. The van der Waals surface area contributed by atoms with Crippen LogP contribution in [0.2, 0.25) is 5.02 Å². The maximum atomic E-state index is 13.0. The van der Waals surface area contributed by atoms with E-state index in [-0.39, 0.29) is 22.2 Å². The van der Waals surface area contributed by atoms with Gasteiger partial charge in [-0.25, -0.2) is 14.2 Å². The number of benzene rings is 1. The molecule has 0 aliphatic carbocycles. The average Bonchev–Trinajstić information content (AvgIpc) is 2.31. The molecule has 4 nitrogen and oxygen atoms in total. The third-order valence-corrected chi connectivity index (χ3v) is 2.27. The number of nitrogens with zero attached hydrogens (tertiary/aromatic N) is 1. The lowest BCUT2D eigenvalue weighted by Gasteiger charge is -2.07. The first-order valence-corrected chi connectivity index (χ1v) is 5.26. The Morgan fingerprint density at radius 1 is 1.39 bits per heavy atom. The second kappa shape index (κ2) is 5.01. The molecule has 0 spiro atoms. The Morgan fingerprint density at radius 2 is 2.17 bits per heavy atom. The van der Waals surface area contributed by atoms with Crippen LogP contribution in [0.4, 0.5) is 4.39 Å². The molecular weight excluding hydrogens is 261 g/mol. The van der Waals surface area contributed by atoms with Crippen molar-refractivity contribution in [3.63, 3.8) is 0 Å². The summed E-state index contributed by atoms with van der Waals surface area (Å²) in [5.74, 6) is -1.69. The van der Waals surface area contributed by atoms with Crippen molar-refractivity contribution >= 4 is 17.6 Å². The van der Waals surface area contributed by atoms with Gasteiger partial charge in [0.15, 0.2) is 0 Å². The molecule has 1 aromatic carbocycles. The van der Waals surface area contributed by atoms with Gasteiger partial charge in [-0.1, -0.05) is 17.7 Å². The monoisotopic (exact) mass is 267 g/mol. The van der Waals surface area contributed by atoms with Crippen LogP contribution < -0.4 is 4.74 Å². The molecule has 0 unspecified atom stereocenters. The number of carbonyl (C=O) groups is 1. The molecule has 0 fully saturated rings. The van der Waals surface area contributed by atoms with E-state index in [2.05, 4.69) is 4.98 Å². The van der Waals surface area contributed by atoms with Crippen LogP contribution in [-0.4, -0.2) is 16.1 Å². The third-order valence-electron chi connectivity index (χ3n) is 2.06. The third kappa shape index (κ3) is 2.75. The second-order valence-electron chi connectivity index (χ2n) is 3.37. The number of carboxylic acids is 1. The summed E-state index contributed by atoms with van der Waals surface area (Å²) in [5, 5.41) is 9.15. The molecule has 0 atom stereocenters. The molecule has 18 heavy (non-hydrogen) atoms. The Labute approximate surface area is 107 Å². The fraction of sp³-hybridized carbons (Fsp3) is 0. The highest BCUT2D eigenvalue weighted by Crippen LogP contribution is 2.25. The Balaban J connectivity index is 2.37. The number of pyridine rings is 1. The summed E-state index contributed by atoms with van der Waals surface area (Å²) in [5.41, 5.74) is -0.188. The number of hydrogen-bond acceptors (Lipinski definition) is 3. The van der Waals surface area contributed by atoms with Crippen molar-refractivity contribution < 1.29 is 19.0 Å². The highest BCUT2D eigenvalue weighted by atomic mass is 35.5. The number of halogens is 2. The number of rotatable bonds is 3. The Kier molecular flexibility index (Phi) is 3.43. The topological polar surface area (TPSA) is 59.4 Å². The zero-order valence-corrected chi connectivity index (χ0v) is 9.69. The SMILES string of the molecule is O=C(O)c1cc(Cl)cnc1Oc1cccc(F)c1. The predicted octanol–water partition coefficient (Wildman–Crippen LogP) is 3.36. The number of ether oxygens (including phenoxy) is 1. The van der Waals surface area contributed by atoms with Crippen molar-refractivity contribution in [1.82, 2.24) is 4.98 Å². The molecule has 0 saturated carbocycles. The molecule has 1 N–H and O–H groups in total. The molecule has 0 aliphatic rings. The minimum Gasteiger partial charge on any atom is -0.477 e. The van der Waals surface area contributed by atoms with Gasteiger partial charge in [-0.3, -0.25) is 0 Å². The van der Waals surface area contributed by atoms with Gasteiger partial charge in [0.2, 0.25) is 5.88 Å². The first kappa shape index (κ1) is 12.3. The van der Waals surface area contributed by atoms with Crippen LogP contribution in [-0.2, 0) is 0 Å². The summed E-state index contributed by atoms with van der Waals surface area (Å²) in [4.78, 5) is 14.7. The molecule has 0 radical (unpaired) electrons. The van der Waals surface area contributed by atoms with Crippen LogP contribution >= 0.6 is 11.6 Å². The normalized spacial score (nSPS) is 10.1. The molecule has 2 aromatic rings. The van der Waals surface area contributed by atoms with Crippen molar-refractivity contribution in [2.24, 2.45) is 0 Å². The van der Waals surface area contributed by atoms with Crippen LogP contribution in [0.25, 0.3) is 0 Å². The number of hydrogen-bond donors (Lipinski definition) is 1. The van der Waals surface area contributed by atoms with Crippen molar-refractivity contribution in [3.05, 3.63) is 52.9 Å². The van der Waals surface area contributed by atoms with E-state index >= 15 is 0 Å². The van der Waals surface area contributed by atoms with E-state index < -0.39 is 11.8 Å². The zero-order valence-electron chi connectivity index (χ0n) is 8.93. The summed E-state index contributed by atoms with van der Waals surface area (Å²) >= 11 is 5.65. The van der Waals surface area contributed by atoms with Gasteiger partial charge in [0.1, 0.15) is 17.1 Å². The lowest BCUT2D eigenvalue weighted by Crippen LogP contribution is -2.02. The molecule has 1 heterocycles. The molecule has 0 saturated heterocycles. The van der Waals surface area contributed by atoms with Crippen molar-refractivity contribution in [2.45, 2.75) is 0 Å². The van der Waals surface area contributed by atoms with Gasteiger partial charge in [0.05, 0.1) is 5.02 Å². The summed E-state index contributed by atoms with van der Waals surface area (Å²) in [6.07, 6.45) is 1.25. The number of aromatic nitrogens is 1. The lowest BCUT2D eigenvalue weighted by molar-refractivity contribution is 0.0693. The van der Waals surface area contributed by atoms with Gasteiger partial charge in [-0.2, -0.15) is 0 Å². The van der Waals surface area contributed by atoms with E-state index in [4.69, 9.17) is 21.4 Å². The van der Waals surface area contributed by atoms with Gasteiger partial charge in [0, 0.05) is 12.3 Å². The van der Waals surface area contributed by atoms with E-state index in [0.717, 1.165) is 6.07 Å². The van der Waals surface area contributed by atoms with Gasteiger partial charge in [-0.05, 0) is 18.2 Å². The summed E-state index contributed by atoms with van der Waals surface area (Å²) in [6.45, 7) is 0. The summed E-state index contributed by atoms with van der Waals surface area (Å²) < 4.78 is 18.2. The van der Waals surface area contributed by atoms with Gasteiger partial charge >= 0.3 is 5.97 Å². The van der Waals surface area contributed by atoms with Crippen molar-refractivity contribution in [1.29, 1.82) is 0 Å². The molecule has 6 heteroatoms. The van der Waals surface area contributed by atoms with Gasteiger partial charge in [-0.15, -0.1) is 0 Å². The van der Waals surface area contributed by atoms with E-state index in [1.54, 1.807) is 0 Å². The average molecular weight is 268 g/mol. The van der Waals surface area contributed by atoms with E-state index in [1.807, 2.05) is 0 Å². The maximum Gasteiger partial charge on any atom is 0.341 e. The highest BCUT2D eigenvalue weighted by Gasteiger charge is 2.14. The molecular formula is C12H7ClFNO3.